The van der Waals surface area contributed by atoms with Crippen LogP contribution in [0.3, 0.4) is 0 Å². The van der Waals surface area contributed by atoms with Crippen molar-refractivity contribution in [3.63, 3.8) is 0 Å². The number of hydrogen-bond donors (Lipinski definition) is 1. The fourth-order valence-corrected chi connectivity index (χ4v) is 5.10. The molecule has 0 saturated carbocycles. The number of amides is 1. The predicted octanol–water partition coefficient (Wildman–Crippen LogP) is 3.65. The molecule has 29 heavy (non-hydrogen) atoms. The van der Waals surface area contributed by atoms with Crippen LogP contribution < -0.4 is 5.32 Å². The molecule has 1 N–H and O–H groups in total. The lowest BCUT2D eigenvalue weighted by atomic mass is 9.88. The molecule has 0 heterocycles. The Hall–Kier alpha value is -2.70. The molecule has 1 aliphatic carbocycles. The van der Waals surface area contributed by atoms with E-state index in [0.717, 1.165) is 39.9 Å². The third-order valence-electron chi connectivity index (χ3n) is 5.50. The number of aryl methyl sites for hydroxylation is 1. The molecule has 0 bridgehead atoms. The molecule has 0 spiro atoms. The van der Waals surface area contributed by atoms with Gasteiger partial charge in [-0.2, -0.15) is 4.31 Å². The summed E-state index contributed by atoms with van der Waals surface area (Å²) in [5, 5.41) is 4.84. The van der Waals surface area contributed by atoms with E-state index in [0.29, 0.717) is 0 Å². The van der Waals surface area contributed by atoms with Crippen molar-refractivity contribution < 1.29 is 13.2 Å². The zero-order chi connectivity index (χ0) is 20.4. The Kier molecular flexibility index (Phi) is 5.39. The van der Waals surface area contributed by atoms with Gasteiger partial charge in [0.1, 0.15) is 0 Å². The van der Waals surface area contributed by atoms with Crippen LogP contribution in [0.1, 0.15) is 30.0 Å². The van der Waals surface area contributed by atoms with Crippen LogP contribution in [0.4, 0.5) is 0 Å². The zero-order valence-electron chi connectivity index (χ0n) is 16.3. The highest BCUT2D eigenvalue weighted by Gasteiger charge is 2.26. The van der Waals surface area contributed by atoms with Crippen LogP contribution in [-0.2, 0) is 21.2 Å². The number of carbonyl (C=O) groups excluding carboxylic acids is 1. The number of likely N-dealkylation sites (N-methyl/N-ethyl adjacent to an activating group) is 1. The first-order chi connectivity index (χ1) is 13.9. The van der Waals surface area contributed by atoms with Gasteiger partial charge in [0.2, 0.25) is 15.9 Å². The first-order valence-electron chi connectivity index (χ1n) is 9.77. The molecule has 6 heteroatoms. The lowest BCUT2D eigenvalue weighted by molar-refractivity contribution is -0.122. The highest BCUT2D eigenvalue weighted by molar-refractivity contribution is 7.89. The van der Waals surface area contributed by atoms with Crippen molar-refractivity contribution in [3.05, 3.63) is 77.9 Å². The van der Waals surface area contributed by atoms with Crippen molar-refractivity contribution in [2.75, 3.05) is 13.6 Å². The van der Waals surface area contributed by atoms with Crippen molar-refractivity contribution in [2.45, 2.75) is 30.2 Å². The molecule has 3 aromatic rings. The summed E-state index contributed by atoms with van der Waals surface area (Å²) in [6.07, 6.45) is 2.88. The molecule has 0 saturated heterocycles. The molecular formula is C23H24N2O3S. The molecule has 0 radical (unpaired) electrons. The summed E-state index contributed by atoms with van der Waals surface area (Å²) in [5.74, 6) is -0.293. The Bertz CT molecular complexity index is 1160. The first-order valence-corrected chi connectivity index (χ1v) is 11.2. The smallest absolute Gasteiger partial charge is 0.243 e. The Labute approximate surface area is 171 Å². The van der Waals surface area contributed by atoms with E-state index in [1.54, 1.807) is 18.2 Å². The van der Waals surface area contributed by atoms with Gasteiger partial charge in [-0.25, -0.2) is 8.42 Å². The van der Waals surface area contributed by atoms with E-state index in [-0.39, 0.29) is 23.4 Å². The van der Waals surface area contributed by atoms with Gasteiger partial charge in [0.15, 0.2) is 0 Å². The largest absolute Gasteiger partial charge is 0.348 e. The van der Waals surface area contributed by atoms with Crippen molar-refractivity contribution in [3.8, 4) is 0 Å². The summed E-state index contributed by atoms with van der Waals surface area (Å²) in [5.41, 5.74) is 2.38. The van der Waals surface area contributed by atoms with Crippen LogP contribution in [0.25, 0.3) is 10.8 Å². The van der Waals surface area contributed by atoms with Crippen LogP contribution in [0.2, 0.25) is 0 Å². The number of nitrogens with zero attached hydrogens (tertiary/aromatic N) is 1. The van der Waals surface area contributed by atoms with Crippen LogP contribution in [0.15, 0.2) is 71.6 Å². The van der Waals surface area contributed by atoms with Gasteiger partial charge in [-0.1, -0.05) is 54.6 Å². The third kappa shape index (κ3) is 4.04. The number of fused-ring (bicyclic) bond motifs is 2. The van der Waals surface area contributed by atoms with E-state index >= 15 is 0 Å². The van der Waals surface area contributed by atoms with Gasteiger partial charge in [-0.15, -0.1) is 0 Å². The second-order valence-corrected chi connectivity index (χ2v) is 9.53. The maximum absolute atomic E-state index is 12.9. The van der Waals surface area contributed by atoms with Gasteiger partial charge in [-0.05, 0) is 53.3 Å². The maximum Gasteiger partial charge on any atom is 0.243 e. The van der Waals surface area contributed by atoms with Crippen molar-refractivity contribution in [2.24, 2.45) is 0 Å². The molecule has 4 rings (SSSR count). The van der Waals surface area contributed by atoms with E-state index in [2.05, 4.69) is 11.4 Å². The fourth-order valence-electron chi connectivity index (χ4n) is 3.94. The number of rotatable bonds is 5. The van der Waals surface area contributed by atoms with E-state index in [1.807, 2.05) is 42.5 Å². The van der Waals surface area contributed by atoms with E-state index < -0.39 is 10.0 Å². The number of hydrogen-bond acceptors (Lipinski definition) is 3. The summed E-state index contributed by atoms with van der Waals surface area (Å²) in [4.78, 5) is 12.8. The van der Waals surface area contributed by atoms with Gasteiger partial charge in [0.25, 0.3) is 0 Å². The summed E-state index contributed by atoms with van der Waals surface area (Å²) < 4.78 is 27.0. The molecule has 1 unspecified atom stereocenters. The summed E-state index contributed by atoms with van der Waals surface area (Å²) in [7, 11) is -2.31. The minimum atomic E-state index is -3.75. The summed E-state index contributed by atoms with van der Waals surface area (Å²) in [6.45, 7) is -0.214. The van der Waals surface area contributed by atoms with E-state index in [9.17, 15) is 13.2 Å². The molecule has 5 nitrogen and oxygen atoms in total. The van der Waals surface area contributed by atoms with Crippen molar-refractivity contribution in [1.82, 2.24) is 9.62 Å². The summed E-state index contributed by atoms with van der Waals surface area (Å²) in [6, 6.07) is 20.7. The average Bonchev–Trinajstić information content (AvgIpc) is 2.73. The van der Waals surface area contributed by atoms with Crippen LogP contribution in [0, 0.1) is 0 Å². The highest BCUT2D eigenvalue weighted by atomic mass is 32.2. The first kappa shape index (κ1) is 19.6. The molecular weight excluding hydrogens is 384 g/mol. The van der Waals surface area contributed by atoms with Crippen molar-refractivity contribution >= 4 is 26.7 Å². The average molecular weight is 409 g/mol. The second-order valence-electron chi connectivity index (χ2n) is 7.48. The molecule has 150 valence electrons. The standard InChI is InChI=1S/C23H24N2O3S/c1-25(29(27,28)20-14-13-17-7-2-3-9-19(17)15-20)16-23(26)24-22-12-6-10-18-8-4-5-11-21(18)22/h2-5,7-9,11,13-15,22H,6,10,12,16H2,1H3,(H,24,26). The van der Waals surface area contributed by atoms with Gasteiger partial charge in [-0.3, -0.25) is 4.79 Å². The molecule has 1 atom stereocenters. The molecule has 0 fully saturated rings. The number of carbonyl (C=O) groups is 1. The van der Waals surface area contributed by atoms with E-state index in [1.165, 1.54) is 12.6 Å². The number of sulfonamides is 1. The van der Waals surface area contributed by atoms with Crippen LogP contribution >= 0.6 is 0 Å². The van der Waals surface area contributed by atoms with E-state index in [4.69, 9.17) is 0 Å². The normalized spacial score (nSPS) is 16.6. The Morgan fingerprint density at radius 2 is 1.76 bits per heavy atom. The quantitative estimate of drug-likeness (QED) is 0.701. The summed E-state index contributed by atoms with van der Waals surface area (Å²) >= 11 is 0. The zero-order valence-corrected chi connectivity index (χ0v) is 17.2. The fraction of sp³-hybridized carbons (Fsp3) is 0.261. The third-order valence-corrected chi connectivity index (χ3v) is 7.30. The monoisotopic (exact) mass is 408 g/mol. The van der Waals surface area contributed by atoms with Gasteiger partial charge in [0, 0.05) is 7.05 Å². The Balaban J connectivity index is 1.48. The van der Waals surface area contributed by atoms with Crippen molar-refractivity contribution in [1.29, 1.82) is 0 Å². The molecule has 3 aromatic carbocycles. The highest BCUT2D eigenvalue weighted by Crippen LogP contribution is 2.29. The minimum Gasteiger partial charge on any atom is -0.348 e. The Morgan fingerprint density at radius 3 is 2.59 bits per heavy atom. The number of benzene rings is 3. The molecule has 1 aliphatic rings. The van der Waals surface area contributed by atoms with Gasteiger partial charge < -0.3 is 5.32 Å². The SMILES string of the molecule is CN(CC(=O)NC1CCCc2ccccc21)S(=O)(=O)c1ccc2ccccc2c1. The second kappa shape index (κ2) is 7.97. The van der Waals surface area contributed by atoms with Crippen LogP contribution in [-0.4, -0.2) is 32.2 Å². The van der Waals surface area contributed by atoms with Crippen LogP contribution in [0.5, 0.6) is 0 Å². The topological polar surface area (TPSA) is 66.5 Å². The lowest BCUT2D eigenvalue weighted by Crippen LogP contribution is -2.40. The maximum atomic E-state index is 12.9. The van der Waals surface area contributed by atoms with Gasteiger partial charge >= 0.3 is 0 Å². The molecule has 0 aliphatic heterocycles. The number of nitrogens with one attached hydrogen (secondary N) is 1. The van der Waals surface area contributed by atoms with Gasteiger partial charge in [0.05, 0.1) is 17.5 Å². The lowest BCUT2D eigenvalue weighted by Gasteiger charge is -2.27. The molecule has 1 amide bonds. The molecule has 0 aromatic heterocycles. The predicted molar refractivity (Wildman–Crippen MR) is 114 cm³/mol. The Morgan fingerprint density at radius 1 is 1.03 bits per heavy atom. The minimum absolute atomic E-state index is 0.0655.